The van der Waals surface area contributed by atoms with Crippen LogP contribution in [0, 0.1) is 5.92 Å². The van der Waals surface area contributed by atoms with Crippen LogP contribution in [0.4, 0.5) is 0 Å². The highest BCUT2D eigenvalue weighted by Crippen LogP contribution is 2.25. The van der Waals surface area contributed by atoms with Crippen LogP contribution in [0.1, 0.15) is 19.3 Å². The van der Waals surface area contributed by atoms with Crippen molar-refractivity contribution in [2.75, 3.05) is 25.1 Å². The number of nitrogens with one attached hydrogen (secondary N) is 1. The number of rotatable bonds is 2. The van der Waals surface area contributed by atoms with Crippen LogP contribution in [0.3, 0.4) is 0 Å². The molecule has 6 nitrogen and oxygen atoms in total. The summed E-state index contributed by atoms with van der Waals surface area (Å²) in [5, 5.41) is 2.55. The number of nitrogens with zero attached hydrogens (tertiary/aromatic N) is 1. The van der Waals surface area contributed by atoms with Crippen LogP contribution in [0.15, 0.2) is 0 Å². The summed E-state index contributed by atoms with van der Waals surface area (Å²) in [7, 11) is -1.52. The molecule has 2 aliphatic rings. The van der Waals surface area contributed by atoms with Crippen molar-refractivity contribution < 1.29 is 18.0 Å². The van der Waals surface area contributed by atoms with Gasteiger partial charge in [-0.25, -0.2) is 8.42 Å². The topological polar surface area (TPSA) is 83.6 Å². The first-order valence-electron chi connectivity index (χ1n) is 6.17. The smallest absolute Gasteiger partial charge is 0.242 e. The quantitative estimate of drug-likeness (QED) is 0.711. The number of hydrogen-bond acceptors (Lipinski definition) is 4. The summed E-state index contributed by atoms with van der Waals surface area (Å²) in [5.74, 6) is -0.783. The van der Waals surface area contributed by atoms with Crippen LogP contribution in [-0.2, 0) is 19.4 Å². The van der Waals surface area contributed by atoms with E-state index in [1.807, 2.05) is 0 Å². The van der Waals surface area contributed by atoms with E-state index in [1.54, 1.807) is 11.9 Å². The Bertz CT molecular complexity index is 460. The first-order chi connectivity index (χ1) is 8.44. The summed E-state index contributed by atoms with van der Waals surface area (Å²) in [5.41, 5.74) is 0. The number of sulfone groups is 1. The van der Waals surface area contributed by atoms with Gasteiger partial charge in [0.2, 0.25) is 11.8 Å². The van der Waals surface area contributed by atoms with E-state index < -0.39 is 21.8 Å². The molecule has 2 atom stereocenters. The Labute approximate surface area is 107 Å². The van der Waals surface area contributed by atoms with Gasteiger partial charge < -0.3 is 10.2 Å². The molecule has 2 heterocycles. The van der Waals surface area contributed by atoms with Crippen molar-refractivity contribution in [3.63, 3.8) is 0 Å². The van der Waals surface area contributed by atoms with Crippen LogP contribution in [0.2, 0.25) is 0 Å². The normalized spacial score (nSPS) is 30.4. The molecule has 0 radical (unpaired) electrons. The molecule has 0 aromatic heterocycles. The fourth-order valence-corrected chi connectivity index (χ4v) is 4.43. The molecule has 1 N–H and O–H groups in total. The third-order valence-electron chi connectivity index (χ3n) is 3.67. The Morgan fingerprint density at radius 3 is 2.56 bits per heavy atom. The number of likely N-dealkylation sites (N-methyl/N-ethyl adjacent to an activating group) is 1. The maximum atomic E-state index is 12.2. The second-order valence-corrected chi connectivity index (χ2v) is 7.13. The van der Waals surface area contributed by atoms with Gasteiger partial charge in [-0.05, 0) is 19.3 Å². The molecule has 0 spiro atoms. The maximum absolute atomic E-state index is 12.2. The largest absolute Gasteiger partial charge is 0.357 e. The highest BCUT2D eigenvalue weighted by Gasteiger charge is 2.40. The number of likely N-dealkylation sites (tertiary alicyclic amines) is 1. The van der Waals surface area contributed by atoms with Crippen molar-refractivity contribution >= 4 is 21.7 Å². The average molecular weight is 274 g/mol. The van der Waals surface area contributed by atoms with E-state index in [2.05, 4.69) is 5.32 Å². The SMILES string of the molecule is CNC(=O)[C@@H]1CCCN1C(=O)[C@H]1CCS(=O)(=O)C1. The fourth-order valence-electron chi connectivity index (χ4n) is 2.69. The van der Waals surface area contributed by atoms with Crippen LogP contribution in [0.5, 0.6) is 0 Å². The van der Waals surface area contributed by atoms with E-state index in [9.17, 15) is 18.0 Å². The summed E-state index contributed by atoms with van der Waals surface area (Å²) in [4.78, 5) is 25.4. The molecule has 2 fully saturated rings. The standard InChI is InChI=1S/C11H18N2O4S/c1-12-10(14)9-3-2-5-13(9)11(15)8-4-6-18(16,17)7-8/h8-9H,2-7H2,1H3,(H,12,14)/t8-,9-/m0/s1. The Balaban J connectivity index is 2.07. The van der Waals surface area contributed by atoms with Gasteiger partial charge in [-0.15, -0.1) is 0 Å². The van der Waals surface area contributed by atoms with Crippen LogP contribution >= 0.6 is 0 Å². The molecular formula is C11H18N2O4S. The maximum Gasteiger partial charge on any atom is 0.242 e. The molecule has 0 bridgehead atoms. The molecule has 2 saturated heterocycles. The van der Waals surface area contributed by atoms with E-state index in [1.165, 1.54) is 0 Å². The van der Waals surface area contributed by atoms with Gasteiger partial charge in [0.25, 0.3) is 0 Å². The fraction of sp³-hybridized carbons (Fsp3) is 0.818. The minimum atomic E-state index is -3.06. The third-order valence-corrected chi connectivity index (χ3v) is 5.43. The Hall–Kier alpha value is -1.11. The van der Waals surface area contributed by atoms with Gasteiger partial charge in [0.05, 0.1) is 17.4 Å². The van der Waals surface area contributed by atoms with Gasteiger partial charge >= 0.3 is 0 Å². The third kappa shape index (κ3) is 2.50. The summed E-state index contributed by atoms with van der Waals surface area (Å²) < 4.78 is 22.8. The second-order valence-electron chi connectivity index (χ2n) is 4.90. The van der Waals surface area contributed by atoms with Crippen molar-refractivity contribution in [2.45, 2.75) is 25.3 Å². The van der Waals surface area contributed by atoms with E-state index >= 15 is 0 Å². The molecule has 2 amide bonds. The highest BCUT2D eigenvalue weighted by atomic mass is 32.2. The van der Waals surface area contributed by atoms with Crippen molar-refractivity contribution in [3.05, 3.63) is 0 Å². The van der Waals surface area contributed by atoms with E-state index in [-0.39, 0.29) is 23.3 Å². The lowest BCUT2D eigenvalue weighted by Crippen LogP contribution is -2.47. The molecule has 0 aliphatic carbocycles. The first kappa shape index (κ1) is 13.3. The highest BCUT2D eigenvalue weighted by molar-refractivity contribution is 7.91. The minimum Gasteiger partial charge on any atom is -0.357 e. The molecule has 2 rings (SSSR count). The van der Waals surface area contributed by atoms with Gasteiger partial charge in [0.1, 0.15) is 6.04 Å². The summed E-state index contributed by atoms with van der Waals surface area (Å²) >= 11 is 0. The zero-order valence-electron chi connectivity index (χ0n) is 10.4. The van der Waals surface area contributed by atoms with E-state index in [0.717, 1.165) is 6.42 Å². The number of carbonyl (C=O) groups excluding carboxylic acids is 2. The molecule has 0 aromatic rings. The zero-order chi connectivity index (χ0) is 13.3. The van der Waals surface area contributed by atoms with E-state index in [0.29, 0.717) is 19.4 Å². The van der Waals surface area contributed by atoms with Crippen LogP contribution in [0.25, 0.3) is 0 Å². The van der Waals surface area contributed by atoms with Crippen LogP contribution in [-0.4, -0.2) is 56.3 Å². The van der Waals surface area contributed by atoms with Crippen molar-refractivity contribution in [3.8, 4) is 0 Å². The van der Waals surface area contributed by atoms with Gasteiger partial charge in [0.15, 0.2) is 9.84 Å². The molecule has 0 aromatic carbocycles. The van der Waals surface area contributed by atoms with Gasteiger partial charge in [-0.2, -0.15) is 0 Å². The molecule has 102 valence electrons. The summed E-state index contributed by atoms with van der Waals surface area (Å²) in [6.07, 6.45) is 1.84. The molecule has 18 heavy (non-hydrogen) atoms. The second kappa shape index (κ2) is 4.87. The van der Waals surface area contributed by atoms with Crippen molar-refractivity contribution in [1.29, 1.82) is 0 Å². The Morgan fingerprint density at radius 2 is 2.00 bits per heavy atom. The van der Waals surface area contributed by atoms with Gasteiger partial charge in [0, 0.05) is 13.6 Å². The molecular weight excluding hydrogens is 256 g/mol. The predicted octanol–water partition coefficient (Wildman–Crippen LogP) is -0.842. The summed E-state index contributed by atoms with van der Waals surface area (Å²) in [6.45, 7) is 0.549. The Kier molecular flexibility index (Phi) is 3.61. The monoisotopic (exact) mass is 274 g/mol. The zero-order valence-corrected chi connectivity index (χ0v) is 11.2. The van der Waals surface area contributed by atoms with Crippen LogP contribution < -0.4 is 5.32 Å². The van der Waals surface area contributed by atoms with E-state index in [4.69, 9.17) is 0 Å². The minimum absolute atomic E-state index is 0.0667. The first-order valence-corrected chi connectivity index (χ1v) is 7.99. The molecule has 2 aliphatic heterocycles. The molecule has 0 saturated carbocycles. The van der Waals surface area contributed by atoms with Gasteiger partial charge in [-0.1, -0.05) is 0 Å². The van der Waals surface area contributed by atoms with Crippen molar-refractivity contribution in [1.82, 2.24) is 10.2 Å². The number of amides is 2. The predicted molar refractivity (Wildman–Crippen MR) is 65.6 cm³/mol. The van der Waals surface area contributed by atoms with Gasteiger partial charge in [-0.3, -0.25) is 9.59 Å². The molecule has 0 unspecified atom stereocenters. The molecule has 7 heteroatoms. The lowest BCUT2D eigenvalue weighted by molar-refractivity contribution is -0.140. The lowest BCUT2D eigenvalue weighted by atomic mass is 10.1. The lowest BCUT2D eigenvalue weighted by Gasteiger charge is -2.25. The number of hydrogen-bond donors (Lipinski definition) is 1. The average Bonchev–Trinajstić information content (AvgIpc) is 2.93. The number of carbonyl (C=O) groups is 2. The van der Waals surface area contributed by atoms with Crippen molar-refractivity contribution in [2.24, 2.45) is 5.92 Å². The Morgan fingerprint density at radius 1 is 1.28 bits per heavy atom. The summed E-state index contributed by atoms with van der Waals surface area (Å²) in [6, 6.07) is -0.425.